The molecule has 1 nitrogen and oxygen atoms in total. The Hall–Kier alpha value is -0.170. The number of alkyl halides is 7. The van der Waals surface area contributed by atoms with Crippen LogP contribution in [0.1, 0.15) is 12.8 Å². The Labute approximate surface area is 86.3 Å². The molecular weight excluding hydrogens is 250 g/mol. The molecule has 1 fully saturated rings. The summed E-state index contributed by atoms with van der Waals surface area (Å²) in [6.07, 6.45) is -12.4. The molecule has 90 valence electrons. The van der Waals surface area contributed by atoms with Crippen LogP contribution in [0.25, 0.3) is 0 Å². The van der Waals surface area contributed by atoms with E-state index in [-0.39, 0.29) is 6.42 Å². The molecule has 1 heterocycles. The first-order chi connectivity index (χ1) is 6.65. The number of hydrogen-bond donors (Lipinski definition) is 0. The van der Waals surface area contributed by atoms with Crippen LogP contribution in [-0.4, -0.2) is 29.9 Å². The van der Waals surface area contributed by atoms with E-state index in [1.807, 2.05) is 0 Å². The zero-order valence-electron chi connectivity index (χ0n) is 7.20. The van der Waals surface area contributed by atoms with Gasteiger partial charge in [0.1, 0.15) is 11.7 Å². The summed E-state index contributed by atoms with van der Waals surface area (Å²) in [5.41, 5.74) is -1.08. The first-order valence-electron chi connectivity index (χ1n) is 4.04. The summed E-state index contributed by atoms with van der Waals surface area (Å²) in [6, 6.07) is 0. The van der Waals surface area contributed by atoms with Crippen LogP contribution in [0.3, 0.4) is 0 Å². The SMILES string of the molecule is FC(C(F)(F)F)C(F)(F)C1CCC(Cl)O1. The standard InChI is InChI=1S/C7H7ClF6O/c8-4-2-1-3(15-4)6(10,11)5(9)7(12,13)14/h3-5H,1-2H2. The second-order valence-corrected chi connectivity index (χ2v) is 3.68. The van der Waals surface area contributed by atoms with Crippen molar-refractivity contribution in [1.29, 1.82) is 0 Å². The molecular formula is C7H7ClF6O. The quantitative estimate of drug-likeness (QED) is 0.544. The molecule has 0 aliphatic carbocycles. The Balaban J connectivity index is 2.74. The molecule has 0 bridgehead atoms. The molecule has 3 unspecified atom stereocenters. The van der Waals surface area contributed by atoms with Crippen LogP contribution in [0.4, 0.5) is 26.3 Å². The summed E-state index contributed by atoms with van der Waals surface area (Å²) in [5, 5.41) is 0. The predicted molar refractivity (Wildman–Crippen MR) is 39.6 cm³/mol. The van der Waals surface area contributed by atoms with Crippen molar-refractivity contribution in [2.75, 3.05) is 0 Å². The summed E-state index contributed by atoms with van der Waals surface area (Å²) in [4.78, 5) is 0. The van der Waals surface area contributed by atoms with E-state index in [4.69, 9.17) is 11.6 Å². The number of rotatable bonds is 2. The van der Waals surface area contributed by atoms with Crippen molar-refractivity contribution in [2.24, 2.45) is 0 Å². The molecule has 1 aliphatic heterocycles. The lowest BCUT2D eigenvalue weighted by atomic mass is 10.0. The maximum Gasteiger partial charge on any atom is 0.425 e. The van der Waals surface area contributed by atoms with Crippen LogP contribution < -0.4 is 0 Å². The number of halogens is 7. The third-order valence-electron chi connectivity index (χ3n) is 2.02. The van der Waals surface area contributed by atoms with Crippen LogP contribution in [0.2, 0.25) is 0 Å². The highest BCUT2D eigenvalue weighted by Crippen LogP contribution is 2.42. The molecule has 0 N–H and O–H groups in total. The fourth-order valence-corrected chi connectivity index (χ4v) is 1.51. The summed E-state index contributed by atoms with van der Waals surface area (Å²) < 4.78 is 77.9. The lowest BCUT2D eigenvalue weighted by Gasteiger charge is -2.27. The third-order valence-corrected chi connectivity index (χ3v) is 2.34. The summed E-state index contributed by atoms with van der Waals surface area (Å²) in [5.74, 6) is -4.60. The highest BCUT2D eigenvalue weighted by Gasteiger charge is 2.62. The normalized spacial score (nSPS) is 30.6. The Morgan fingerprint density at radius 3 is 2.00 bits per heavy atom. The third kappa shape index (κ3) is 2.69. The molecule has 0 saturated carbocycles. The van der Waals surface area contributed by atoms with Gasteiger partial charge < -0.3 is 4.74 Å². The first-order valence-corrected chi connectivity index (χ1v) is 4.47. The first kappa shape index (κ1) is 12.9. The van der Waals surface area contributed by atoms with E-state index in [9.17, 15) is 26.3 Å². The van der Waals surface area contributed by atoms with Crippen molar-refractivity contribution >= 4 is 11.6 Å². The van der Waals surface area contributed by atoms with Gasteiger partial charge in [0.25, 0.3) is 6.17 Å². The zero-order chi connectivity index (χ0) is 11.9. The molecule has 15 heavy (non-hydrogen) atoms. The van der Waals surface area contributed by atoms with Gasteiger partial charge in [0.2, 0.25) is 0 Å². The van der Waals surface area contributed by atoms with Crippen molar-refractivity contribution < 1.29 is 31.1 Å². The largest absolute Gasteiger partial charge is 0.425 e. The summed E-state index contributed by atoms with van der Waals surface area (Å²) >= 11 is 5.27. The van der Waals surface area contributed by atoms with Crippen LogP contribution in [0.5, 0.6) is 0 Å². The molecule has 1 rings (SSSR count). The van der Waals surface area contributed by atoms with Gasteiger partial charge in [0.05, 0.1) is 0 Å². The fourth-order valence-electron chi connectivity index (χ4n) is 1.26. The van der Waals surface area contributed by atoms with Gasteiger partial charge >= 0.3 is 12.1 Å². The van der Waals surface area contributed by atoms with Gasteiger partial charge in [-0.2, -0.15) is 13.2 Å². The maximum absolute atomic E-state index is 12.9. The average molecular weight is 257 g/mol. The highest BCUT2D eigenvalue weighted by atomic mass is 35.5. The van der Waals surface area contributed by atoms with Crippen LogP contribution in [-0.2, 0) is 4.74 Å². The number of ether oxygens (including phenoxy) is 1. The molecule has 1 aliphatic rings. The lowest BCUT2D eigenvalue weighted by Crippen LogP contribution is -2.49. The smallest absolute Gasteiger partial charge is 0.353 e. The van der Waals surface area contributed by atoms with E-state index in [0.717, 1.165) is 0 Å². The van der Waals surface area contributed by atoms with Gasteiger partial charge in [-0.15, -0.1) is 0 Å². The van der Waals surface area contributed by atoms with E-state index in [0.29, 0.717) is 0 Å². The molecule has 0 amide bonds. The van der Waals surface area contributed by atoms with Crippen molar-refractivity contribution in [3.8, 4) is 0 Å². The molecule has 0 aromatic heterocycles. The van der Waals surface area contributed by atoms with Gasteiger partial charge in [0, 0.05) is 0 Å². The van der Waals surface area contributed by atoms with Gasteiger partial charge in [0.15, 0.2) is 0 Å². The molecule has 0 aromatic carbocycles. The van der Waals surface area contributed by atoms with Crippen molar-refractivity contribution in [3.63, 3.8) is 0 Å². The second-order valence-electron chi connectivity index (χ2n) is 3.19. The minimum atomic E-state index is -5.60. The molecule has 0 radical (unpaired) electrons. The van der Waals surface area contributed by atoms with Gasteiger partial charge in [-0.05, 0) is 12.8 Å². The lowest BCUT2D eigenvalue weighted by molar-refractivity contribution is -0.268. The van der Waals surface area contributed by atoms with Gasteiger partial charge in [-0.1, -0.05) is 11.6 Å². The van der Waals surface area contributed by atoms with Crippen molar-refractivity contribution in [2.45, 2.75) is 42.8 Å². The zero-order valence-corrected chi connectivity index (χ0v) is 7.96. The second kappa shape index (κ2) is 4.01. The topological polar surface area (TPSA) is 9.23 Å². The van der Waals surface area contributed by atoms with Crippen molar-refractivity contribution in [3.05, 3.63) is 0 Å². The molecule has 8 heteroatoms. The molecule has 0 aromatic rings. The Bertz CT molecular complexity index is 230. The Morgan fingerprint density at radius 1 is 1.13 bits per heavy atom. The molecule has 0 spiro atoms. The maximum atomic E-state index is 12.9. The monoisotopic (exact) mass is 256 g/mol. The summed E-state index contributed by atoms with van der Waals surface area (Å²) in [6.45, 7) is 0. The fraction of sp³-hybridized carbons (Fsp3) is 1.00. The molecule has 1 saturated heterocycles. The van der Waals surface area contributed by atoms with Crippen LogP contribution in [0.15, 0.2) is 0 Å². The van der Waals surface area contributed by atoms with Gasteiger partial charge in [-0.25, -0.2) is 13.2 Å². The van der Waals surface area contributed by atoms with E-state index in [1.165, 1.54) is 0 Å². The van der Waals surface area contributed by atoms with Gasteiger partial charge in [-0.3, -0.25) is 0 Å². The van der Waals surface area contributed by atoms with Crippen molar-refractivity contribution in [1.82, 2.24) is 0 Å². The Kier molecular flexibility index (Phi) is 3.45. The predicted octanol–water partition coefficient (Wildman–Crippen LogP) is 3.27. The number of hydrogen-bond acceptors (Lipinski definition) is 1. The van der Waals surface area contributed by atoms with E-state index in [2.05, 4.69) is 4.74 Å². The molecule has 3 atom stereocenters. The van der Waals surface area contributed by atoms with E-state index in [1.54, 1.807) is 0 Å². The van der Waals surface area contributed by atoms with E-state index < -0.39 is 36.4 Å². The minimum Gasteiger partial charge on any atom is -0.353 e. The summed E-state index contributed by atoms with van der Waals surface area (Å²) in [7, 11) is 0. The average Bonchev–Trinajstić information content (AvgIpc) is 2.49. The van der Waals surface area contributed by atoms with Crippen LogP contribution >= 0.6 is 11.6 Å². The highest BCUT2D eigenvalue weighted by molar-refractivity contribution is 6.19. The Morgan fingerprint density at radius 2 is 1.67 bits per heavy atom. The van der Waals surface area contributed by atoms with Crippen LogP contribution in [0, 0.1) is 0 Å². The minimum absolute atomic E-state index is 0.0214. The van der Waals surface area contributed by atoms with E-state index >= 15 is 0 Å².